The van der Waals surface area contributed by atoms with Crippen molar-refractivity contribution in [1.29, 1.82) is 0 Å². The Kier molecular flexibility index (Phi) is 4.97. The smallest absolute Gasteiger partial charge is 0.253 e. The molecule has 0 fully saturated rings. The summed E-state index contributed by atoms with van der Waals surface area (Å²) in [6, 6.07) is 17.7. The van der Waals surface area contributed by atoms with Crippen molar-refractivity contribution in [3.8, 4) is 5.75 Å². The van der Waals surface area contributed by atoms with E-state index in [-0.39, 0.29) is 34.4 Å². The zero-order valence-corrected chi connectivity index (χ0v) is 15.9. The number of carbonyl (C=O) groups excluding carboxylic acids is 1. The van der Waals surface area contributed by atoms with E-state index in [4.69, 9.17) is 0 Å². The Morgan fingerprint density at radius 2 is 1.66 bits per heavy atom. The summed E-state index contributed by atoms with van der Waals surface area (Å²) in [5.74, 6) is -0.278. The van der Waals surface area contributed by atoms with Crippen molar-refractivity contribution >= 4 is 34.7 Å². The molecule has 1 unspecified atom stereocenters. The molecule has 0 bridgehead atoms. The highest BCUT2D eigenvalue weighted by molar-refractivity contribution is 7.10. The monoisotopic (exact) mass is 404 g/mol. The van der Waals surface area contributed by atoms with Gasteiger partial charge >= 0.3 is 0 Å². The zero-order chi connectivity index (χ0) is 20.4. The summed E-state index contributed by atoms with van der Waals surface area (Å²) < 4.78 is 0. The van der Waals surface area contributed by atoms with E-state index in [2.05, 4.69) is 10.6 Å². The van der Waals surface area contributed by atoms with Gasteiger partial charge in [0.2, 0.25) is 0 Å². The third-order valence-corrected chi connectivity index (χ3v) is 5.55. The molecule has 0 aliphatic carbocycles. The minimum Gasteiger partial charge on any atom is -0.505 e. The number of phenolic OH excluding ortho intramolecular Hbond substituents is 1. The molecule has 4 aromatic rings. The summed E-state index contributed by atoms with van der Waals surface area (Å²) in [6.07, 6.45) is 0.518. The van der Waals surface area contributed by atoms with Crippen LogP contribution in [0.4, 0.5) is 17.1 Å². The number of aldehydes is 1. The molecule has 0 amide bonds. The van der Waals surface area contributed by atoms with Gasteiger partial charge in [-0.2, -0.15) is 0 Å². The van der Waals surface area contributed by atoms with Crippen molar-refractivity contribution < 1.29 is 9.90 Å². The maximum Gasteiger partial charge on any atom is 0.253 e. The first-order valence-corrected chi connectivity index (χ1v) is 9.70. The van der Waals surface area contributed by atoms with E-state index in [9.17, 15) is 19.5 Å². The quantitative estimate of drug-likeness (QED) is 0.246. The molecule has 4 rings (SSSR count). The number of thiophene rings is 1. The van der Waals surface area contributed by atoms with Gasteiger partial charge in [0.05, 0.1) is 17.3 Å². The third-order valence-electron chi connectivity index (χ3n) is 4.61. The number of benzene rings is 2. The van der Waals surface area contributed by atoms with Crippen molar-refractivity contribution in [1.82, 2.24) is 0 Å². The lowest BCUT2D eigenvalue weighted by Crippen LogP contribution is -2.37. The standard InChI is InChI=1S/C22H16N2O4S/c25-12-14-8-4-9-15(20(14)26)23-18-19(22(28)21(18)27)24-17(16-10-5-11-29-16)13-6-2-1-3-7-13/h1-12,17,23-24,26H. The predicted molar refractivity (Wildman–Crippen MR) is 114 cm³/mol. The van der Waals surface area contributed by atoms with Crippen molar-refractivity contribution in [2.75, 3.05) is 10.6 Å². The second kappa shape index (κ2) is 7.73. The summed E-state index contributed by atoms with van der Waals surface area (Å²) in [5.41, 5.74) is 0.109. The Hall–Kier alpha value is -3.71. The summed E-state index contributed by atoms with van der Waals surface area (Å²) in [4.78, 5) is 36.5. The number of hydrogen-bond acceptors (Lipinski definition) is 7. The Morgan fingerprint density at radius 3 is 2.34 bits per heavy atom. The van der Waals surface area contributed by atoms with Crippen LogP contribution in [0.3, 0.4) is 0 Å². The van der Waals surface area contributed by atoms with Crippen LogP contribution in [-0.4, -0.2) is 11.4 Å². The van der Waals surface area contributed by atoms with E-state index in [1.807, 2.05) is 47.8 Å². The third kappa shape index (κ3) is 3.43. The number of aromatic hydroxyl groups is 1. The first-order valence-electron chi connectivity index (χ1n) is 8.82. The van der Waals surface area contributed by atoms with Crippen molar-refractivity contribution in [3.05, 3.63) is 102 Å². The Bertz CT molecular complexity index is 1230. The Morgan fingerprint density at radius 1 is 0.897 bits per heavy atom. The van der Waals surface area contributed by atoms with Gasteiger partial charge in [0, 0.05) is 4.88 Å². The van der Waals surface area contributed by atoms with E-state index in [1.54, 1.807) is 6.07 Å². The molecule has 3 aromatic carbocycles. The highest BCUT2D eigenvalue weighted by atomic mass is 32.1. The molecule has 0 spiro atoms. The second-order valence-corrected chi connectivity index (χ2v) is 7.38. The van der Waals surface area contributed by atoms with Gasteiger partial charge in [-0.1, -0.05) is 42.5 Å². The number of nitrogens with one attached hydrogen (secondary N) is 2. The van der Waals surface area contributed by atoms with Crippen LogP contribution in [0.2, 0.25) is 0 Å². The molecule has 6 nitrogen and oxygen atoms in total. The fourth-order valence-corrected chi connectivity index (χ4v) is 3.91. The van der Waals surface area contributed by atoms with Crippen LogP contribution in [0.15, 0.2) is 75.6 Å². The zero-order valence-electron chi connectivity index (χ0n) is 15.1. The average Bonchev–Trinajstić information content (AvgIpc) is 3.29. The molecule has 0 aliphatic heterocycles. The lowest BCUT2D eigenvalue weighted by molar-refractivity contribution is 0.112. The predicted octanol–water partition coefficient (Wildman–Crippen LogP) is 3.81. The number of para-hydroxylation sites is 1. The molecule has 0 saturated heterocycles. The first kappa shape index (κ1) is 18.6. The molecular weight excluding hydrogens is 388 g/mol. The molecule has 7 heteroatoms. The minimum absolute atomic E-state index is 0.0610. The maximum absolute atomic E-state index is 12.3. The fraction of sp³-hybridized carbons (Fsp3) is 0.0455. The molecule has 144 valence electrons. The maximum atomic E-state index is 12.3. The van der Waals surface area contributed by atoms with Gasteiger partial charge in [0.25, 0.3) is 10.9 Å². The van der Waals surface area contributed by atoms with Crippen LogP contribution in [0.25, 0.3) is 0 Å². The summed E-state index contributed by atoms with van der Waals surface area (Å²) in [7, 11) is 0. The number of rotatable bonds is 7. The van der Waals surface area contributed by atoms with Gasteiger partial charge in [-0.3, -0.25) is 14.4 Å². The van der Waals surface area contributed by atoms with E-state index in [1.165, 1.54) is 23.5 Å². The van der Waals surface area contributed by atoms with Crippen molar-refractivity contribution in [2.45, 2.75) is 6.04 Å². The van der Waals surface area contributed by atoms with E-state index in [0.29, 0.717) is 6.29 Å². The van der Waals surface area contributed by atoms with Crippen LogP contribution in [-0.2, 0) is 0 Å². The van der Waals surface area contributed by atoms with Gasteiger partial charge < -0.3 is 15.7 Å². The highest BCUT2D eigenvalue weighted by Crippen LogP contribution is 2.34. The van der Waals surface area contributed by atoms with Crippen LogP contribution in [0.1, 0.15) is 26.8 Å². The van der Waals surface area contributed by atoms with E-state index >= 15 is 0 Å². The van der Waals surface area contributed by atoms with Gasteiger partial charge in [0.15, 0.2) is 6.29 Å². The first-order chi connectivity index (χ1) is 14.1. The summed E-state index contributed by atoms with van der Waals surface area (Å²) in [6.45, 7) is 0. The molecule has 3 N–H and O–H groups in total. The van der Waals surface area contributed by atoms with Crippen molar-refractivity contribution in [2.24, 2.45) is 0 Å². The second-order valence-electron chi connectivity index (χ2n) is 6.40. The number of anilines is 3. The van der Waals surface area contributed by atoms with E-state index < -0.39 is 10.9 Å². The molecule has 1 aromatic heterocycles. The minimum atomic E-state index is -0.679. The fourth-order valence-electron chi connectivity index (χ4n) is 3.10. The number of hydrogen-bond donors (Lipinski definition) is 3. The summed E-state index contributed by atoms with van der Waals surface area (Å²) >= 11 is 1.54. The van der Waals surface area contributed by atoms with Crippen molar-refractivity contribution in [3.63, 3.8) is 0 Å². The lowest BCUT2D eigenvalue weighted by atomic mass is 10.0. The van der Waals surface area contributed by atoms with Crippen LogP contribution in [0, 0.1) is 0 Å². The van der Waals surface area contributed by atoms with Gasteiger partial charge in [0.1, 0.15) is 17.1 Å². The van der Waals surface area contributed by atoms with Gasteiger partial charge in [-0.05, 0) is 29.1 Å². The number of carbonyl (C=O) groups is 1. The van der Waals surface area contributed by atoms with Gasteiger partial charge in [-0.15, -0.1) is 11.3 Å². The van der Waals surface area contributed by atoms with E-state index in [0.717, 1.165) is 10.4 Å². The topological polar surface area (TPSA) is 95.5 Å². The number of phenols is 1. The molecule has 0 radical (unpaired) electrons. The Labute approximate surface area is 169 Å². The SMILES string of the molecule is O=Cc1cccc(Nc2c(NC(c3ccccc3)c3cccs3)c(=O)c2=O)c1O. The highest BCUT2D eigenvalue weighted by Gasteiger charge is 2.26. The van der Waals surface area contributed by atoms with Crippen LogP contribution < -0.4 is 21.5 Å². The molecule has 0 saturated carbocycles. The van der Waals surface area contributed by atoms with Crippen LogP contribution >= 0.6 is 11.3 Å². The average molecular weight is 404 g/mol. The summed E-state index contributed by atoms with van der Waals surface area (Å²) in [5, 5.41) is 18.1. The molecule has 1 heterocycles. The molecule has 29 heavy (non-hydrogen) atoms. The Balaban J connectivity index is 1.70. The molecule has 0 aliphatic rings. The molecule has 1 atom stereocenters. The molecular formula is C22H16N2O4S. The van der Waals surface area contributed by atoms with Crippen LogP contribution in [0.5, 0.6) is 5.75 Å². The normalized spacial score (nSPS) is 11.9. The lowest BCUT2D eigenvalue weighted by Gasteiger charge is -2.22. The van der Waals surface area contributed by atoms with Gasteiger partial charge in [-0.25, -0.2) is 0 Å². The largest absolute Gasteiger partial charge is 0.505 e.